The van der Waals surface area contributed by atoms with Gasteiger partial charge in [0.1, 0.15) is 17.3 Å². The molecular formula is C17H18FNO3. The van der Waals surface area contributed by atoms with E-state index < -0.39 is 5.82 Å². The fourth-order valence-corrected chi connectivity index (χ4v) is 2.08. The summed E-state index contributed by atoms with van der Waals surface area (Å²) in [6.45, 7) is 0. The lowest BCUT2D eigenvalue weighted by Gasteiger charge is -2.10. The Kier molecular flexibility index (Phi) is 5.36. The average molecular weight is 303 g/mol. The highest BCUT2D eigenvalue weighted by Gasteiger charge is 2.09. The fraction of sp³-hybridized carbons (Fsp3) is 0.235. The minimum Gasteiger partial charge on any atom is -0.497 e. The van der Waals surface area contributed by atoms with E-state index in [1.54, 1.807) is 7.11 Å². The molecule has 0 heterocycles. The van der Waals surface area contributed by atoms with Gasteiger partial charge < -0.3 is 14.8 Å². The lowest BCUT2D eigenvalue weighted by atomic mass is 10.1. The Morgan fingerprint density at radius 1 is 1.14 bits per heavy atom. The highest BCUT2D eigenvalue weighted by Crippen LogP contribution is 2.25. The number of benzene rings is 2. The second-order valence-electron chi connectivity index (χ2n) is 4.74. The van der Waals surface area contributed by atoms with E-state index in [2.05, 4.69) is 5.32 Å². The Labute approximate surface area is 128 Å². The molecule has 0 fully saturated rings. The molecule has 4 nitrogen and oxygen atoms in total. The van der Waals surface area contributed by atoms with E-state index >= 15 is 0 Å². The first-order valence-electron chi connectivity index (χ1n) is 6.88. The highest BCUT2D eigenvalue weighted by molar-refractivity contribution is 5.92. The predicted octanol–water partition coefficient (Wildman–Crippen LogP) is 3.41. The smallest absolute Gasteiger partial charge is 0.224 e. The molecule has 22 heavy (non-hydrogen) atoms. The molecule has 0 saturated carbocycles. The monoisotopic (exact) mass is 303 g/mol. The minimum atomic E-state index is -0.427. The van der Waals surface area contributed by atoms with E-state index in [4.69, 9.17) is 9.47 Å². The van der Waals surface area contributed by atoms with Gasteiger partial charge in [-0.25, -0.2) is 4.39 Å². The van der Waals surface area contributed by atoms with E-state index in [0.717, 1.165) is 11.3 Å². The summed E-state index contributed by atoms with van der Waals surface area (Å²) in [6.07, 6.45) is 0.855. The van der Waals surface area contributed by atoms with Crippen LogP contribution in [0, 0.1) is 5.82 Å². The van der Waals surface area contributed by atoms with E-state index in [1.165, 1.54) is 25.3 Å². The molecule has 0 aliphatic rings. The number of hydrogen-bond acceptors (Lipinski definition) is 3. The molecule has 0 aliphatic carbocycles. The van der Waals surface area contributed by atoms with Crippen molar-refractivity contribution in [1.82, 2.24) is 0 Å². The summed E-state index contributed by atoms with van der Waals surface area (Å²) in [4.78, 5) is 12.0. The van der Waals surface area contributed by atoms with Gasteiger partial charge in [0.05, 0.1) is 19.9 Å². The quantitative estimate of drug-likeness (QED) is 0.889. The number of nitrogens with one attached hydrogen (secondary N) is 1. The molecule has 0 bridgehead atoms. The first kappa shape index (κ1) is 15.8. The third kappa shape index (κ3) is 4.22. The molecular weight excluding hydrogens is 285 g/mol. The topological polar surface area (TPSA) is 47.6 Å². The molecule has 0 atom stereocenters. The number of rotatable bonds is 6. The molecule has 2 aromatic carbocycles. The maximum Gasteiger partial charge on any atom is 0.224 e. The Bertz CT molecular complexity index is 658. The van der Waals surface area contributed by atoms with Crippen molar-refractivity contribution in [2.75, 3.05) is 19.5 Å². The zero-order chi connectivity index (χ0) is 15.9. The summed E-state index contributed by atoms with van der Waals surface area (Å²) >= 11 is 0. The van der Waals surface area contributed by atoms with Crippen LogP contribution < -0.4 is 14.8 Å². The molecule has 5 heteroatoms. The number of anilines is 1. The Balaban J connectivity index is 1.97. The van der Waals surface area contributed by atoms with Crippen LogP contribution in [-0.4, -0.2) is 20.1 Å². The van der Waals surface area contributed by atoms with Crippen LogP contribution in [0.2, 0.25) is 0 Å². The molecule has 1 N–H and O–H groups in total. The number of ether oxygens (including phenoxy) is 2. The van der Waals surface area contributed by atoms with Gasteiger partial charge in [0, 0.05) is 12.5 Å². The van der Waals surface area contributed by atoms with Crippen molar-refractivity contribution in [3.05, 3.63) is 53.8 Å². The maximum atomic E-state index is 13.2. The average Bonchev–Trinajstić information content (AvgIpc) is 2.53. The van der Waals surface area contributed by atoms with Gasteiger partial charge in [-0.2, -0.15) is 0 Å². The molecule has 0 unspecified atom stereocenters. The van der Waals surface area contributed by atoms with Crippen molar-refractivity contribution < 1.29 is 18.7 Å². The first-order valence-corrected chi connectivity index (χ1v) is 6.88. The van der Waals surface area contributed by atoms with Crippen LogP contribution >= 0.6 is 0 Å². The highest BCUT2D eigenvalue weighted by atomic mass is 19.1. The first-order chi connectivity index (χ1) is 10.6. The number of halogens is 1. The number of methoxy groups -OCH3 is 2. The summed E-state index contributed by atoms with van der Waals surface area (Å²) < 4.78 is 23.5. The zero-order valence-corrected chi connectivity index (χ0v) is 12.6. The van der Waals surface area contributed by atoms with Gasteiger partial charge in [-0.05, 0) is 36.2 Å². The van der Waals surface area contributed by atoms with Gasteiger partial charge in [0.25, 0.3) is 0 Å². The number of amides is 1. The Hall–Kier alpha value is -2.56. The van der Waals surface area contributed by atoms with Gasteiger partial charge in [-0.3, -0.25) is 4.79 Å². The van der Waals surface area contributed by atoms with E-state index in [-0.39, 0.29) is 12.3 Å². The van der Waals surface area contributed by atoms with Crippen molar-refractivity contribution in [2.24, 2.45) is 0 Å². The van der Waals surface area contributed by atoms with Gasteiger partial charge in [0.2, 0.25) is 5.91 Å². The number of hydrogen-bond donors (Lipinski definition) is 1. The Morgan fingerprint density at radius 2 is 1.95 bits per heavy atom. The van der Waals surface area contributed by atoms with Crippen molar-refractivity contribution in [3.8, 4) is 11.5 Å². The molecule has 0 aliphatic heterocycles. The number of aryl methyl sites for hydroxylation is 1. The van der Waals surface area contributed by atoms with Crippen LogP contribution in [0.25, 0.3) is 0 Å². The van der Waals surface area contributed by atoms with Crippen molar-refractivity contribution >= 4 is 11.6 Å². The SMILES string of the molecule is COc1cccc(CCC(=O)Nc2cc(F)ccc2OC)c1. The van der Waals surface area contributed by atoms with Gasteiger partial charge in [0.15, 0.2) is 0 Å². The molecule has 0 spiro atoms. The van der Waals surface area contributed by atoms with Crippen LogP contribution in [0.3, 0.4) is 0 Å². The second-order valence-corrected chi connectivity index (χ2v) is 4.74. The number of carbonyl (C=O) groups is 1. The standard InChI is InChI=1S/C17H18FNO3/c1-21-14-5-3-4-12(10-14)6-9-17(20)19-15-11-13(18)7-8-16(15)22-2/h3-5,7-8,10-11H,6,9H2,1-2H3,(H,19,20). The third-order valence-corrected chi connectivity index (χ3v) is 3.21. The zero-order valence-electron chi connectivity index (χ0n) is 12.6. The summed E-state index contributed by atoms with van der Waals surface area (Å²) in [7, 11) is 3.07. The molecule has 0 saturated heterocycles. The maximum absolute atomic E-state index is 13.2. The lowest BCUT2D eigenvalue weighted by Crippen LogP contribution is -2.13. The summed E-state index contributed by atoms with van der Waals surface area (Å²) in [6, 6.07) is 11.5. The fourth-order valence-electron chi connectivity index (χ4n) is 2.08. The van der Waals surface area contributed by atoms with E-state index in [9.17, 15) is 9.18 Å². The van der Waals surface area contributed by atoms with Crippen molar-refractivity contribution in [2.45, 2.75) is 12.8 Å². The summed E-state index contributed by atoms with van der Waals surface area (Å²) in [5.41, 5.74) is 1.33. The molecule has 2 aromatic rings. The second kappa shape index (κ2) is 7.45. The van der Waals surface area contributed by atoms with Crippen LogP contribution in [0.1, 0.15) is 12.0 Å². The molecule has 1 amide bonds. The van der Waals surface area contributed by atoms with Crippen LogP contribution in [0.4, 0.5) is 10.1 Å². The molecule has 0 aromatic heterocycles. The van der Waals surface area contributed by atoms with Crippen molar-refractivity contribution in [1.29, 1.82) is 0 Å². The summed E-state index contributed by atoms with van der Waals surface area (Å²) in [5.74, 6) is 0.552. The van der Waals surface area contributed by atoms with Crippen molar-refractivity contribution in [3.63, 3.8) is 0 Å². The van der Waals surface area contributed by atoms with Gasteiger partial charge >= 0.3 is 0 Å². The largest absolute Gasteiger partial charge is 0.497 e. The number of carbonyl (C=O) groups excluding carboxylic acids is 1. The minimum absolute atomic E-state index is 0.202. The predicted molar refractivity (Wildman–Crippen MR) is 82.9 cm³/mol. The van der Waals surface area contributed by atoms with Gasteiger partial charge in [-0.15, -0.1) is 0 Å². The molecule has 0 radical (unpaired) electrons. The van der Waals surface area contributed by atoms with Crippen LogP contribution in [0.15, 0.2) is 42.5 Å². The van der Waals surface area contributed by atoms with E-state index in [1.807, 2.05) is 24.3 Å². The normalized spacial score (nSPS) is 10.1. The third-order valence-electron chi connectivity index (χ3n) is 3.21. The van der Waals surface area contributed by atoms with E-state index in [0.29, 0.717) is 17.9 Å². The van der Waals surface area contributed by atoms with Crippen LogP contribution in [-0.2, 0) is 11.2 Å². The molecule has 116 valence electrons. The summed E-state index contributed by atoms with van der Waals surface area (Å²) in [5, 5.41) is 2.67. The van der Waals surface area contributed by atoms with Gasteiger partial charge in [-0.1, -0.05) is 12.1 Å². The molecule has 2 rings (SSSR count). The lowest BCUT2D eigenvalue weighted by molar-refractivity contribution is -0.116. The Morgan fingerprint density at radius 3 is 2.68 bits per heavy atom. The van der Waals surface area contributed by atoms with Crippen LogP contribution in [0.5, 0.6) is 11.5 Å².